The minimum atomic E-state index is -4.45. The van der Waals surface area contributed by atoms with Gasteiger partial charge in [-0.2, -0.15) is 0 Å². The first-order valence-electron chi connectivity index (χ1n) is 19.7. The van der Waals surface area contributed by atoms with Crippen LogP contribution in [0.2, 0.25) is 0 Å². The summed E-state index contributed by atoms with van der Waals surface area (Å²) in [5, 5.41) is 24.5. The van der Waals surface area contributed by atoms with Crippen molar-refractivity contribution in [1.82, 2.24) is 5.32 Å². The molecule has 0 saturated carbocycles. The van der Waals surface area contributed by atoms with Crippen LogP contribution in [0, 0.1) is 0 Å². The fourth-order valence-corrected chi connectivity index (χ4v) is 5.54. The van der Waals surface area contributed by atoms with Gasteiger partial charge in [0.2, 0.25) is 5.91 Å². The number of allylic oxidation sites excluding steroid dienone is 16. The summed E-state index contributed by atoms with van der Waals surface area (Å²) in [6.07, 6.45) is 43.5. The smallest absolute Gasteiger partial charge is 0.390 e. The van der Waals surface area contributed by atoms with Gasteiger partial charge in [0.15, 0.2) is 0 Å². The highest BCUT2D eigenvalue weighted by Gasteiger charge is 2.31. The molecule has 0 aliphatic rings. The molecule has 9 nitrogen and oxygen atoms in total. The topological polar surface area (TPSA) is 125 Å². The van der Waals surface area contributed by atoms with Gasteiger partial charge in [-0.1, -0.05) is 104 Å². The van der Waals surface area contributed by atoms with Crippen LogP contribution in [0.25, 0.3) is 0 Å². The second-order valence-corrected chi connectivity index (χ2v) is 15.5. The maximum absolute atomic E-state index is 12.8. The van der Waals surface area contributed by atoms with E-state index in [1.165, 1.54) is 0 Å². The molecule has 0 aromatic carbocycles. The van der Waals surface area contributed by atoms with Gasteiger partial charge in [0.05, 0.1) is 39.9 Å². The van der Waals surface area contributed by atoms with Crippen LogP contribution in [0.5, 0.6) is 0 Å². The monoisotopic (exact) mass is 762 g/mol. The molecule has 0 fully saturated rings. The molecule has 0 saturated heterocycles. The lowest BCUT2D eigenvalue weighted by atomic mass is 10.0. The second-order valence-electron chi connectivity index (χ2n) is 14.0. The summed E-state index contributed by atoms with van der Waals surface area (Å²) >= 11 is 0. The molecule has 0 bridgehead atoms. The molecule has 302 valence electrons. The van der Waals surface area contributed by atoms with Crippen molar-refractivity contribution in [3.8, 4) is 0 Å². The zero-order valence-electron chi connectivity index (χ0n) is 33.6. The molecule has 0 aliphatic heterocycles. The summed E-state index contributed by atoms with van der Waals surface area (Å²) in [7, 11) is 1.34. The van der Waals surface area contributed by atoms with Gasteiger partial charge in [-0.25, -0.2) is 4.57 Å². The number of carbonyl (C=O) groups is 1. The van der Waals surface area contributed by atoms with E-state index in [9.17, 15) is 24.5 Å². The molecule has 4 unspecified atom stereocenters. The Morgan fingerprint density at radius 3 is 1.70 bits per heavy atom. The molecule has 1 amide bonds. The minimum absolute atomic E-state index is 0.00432. The Hall–Kier alpha value is -2.62. The third-order valence-electron chi connectivity index (χ3n) is 7.96. The Labute approximate surface area is 322 Å². The number of likely N-dealkylation sites (N-methyl/N-ethyl adjacent to an activating group) is 1. The summed E-state index contributed by atoms with van der Waals surface area (Å²) in [6.45, 7) is 4.15. The molecule has 4 atom stereocenters. The molecular weight excluding hydrogens is 687 g/mol. The van der Waals surface area contributed by atoms with Gasteiger partial charge in [-0.15, -0.1) is 0 Å². The number of phosphoric ester groups is 1. The molecule has 0 rings (SSSR count). The van der Waals surface area contributed by atoms with Crippen molar-refractivity contribution in [3.63, 3.8) is 0 Å². The second kappa shape index (κ2) is 33.9. The average Bonchev–Trinajstić information content (AvgIpc) is 3.10. The Bertz CT molecular complexity index is 1200. The van der Waals surface area contributed by atoms with E-state index in [-0.39, 0.29) is 18.9 Å². The fraction of sp³-hybridized carbons (Fsp3) is 0.605. The summed E-state index contributed by atoms with van der Waals surface area (Å²) in [5.74, 6) is -0.338. The number of phosphoric acid groups is 1. The van der Waals surface area contributed by atoms with Gasteiger partial charge in [-0.3, -0.25) is 13.8 Å². The number of nitrogens with one attached hydrogen (secondary N) is 1. The highest BCUT2D eigenvalue weighted by molar-refractivity contribution is 7.47. The average molecular weight is 762 g/mol. The summed E-state index contributed by atoms with van der Waals surface area (Å²) in [6, 6.07) is -1.09. The molecular formula is C43H74N2O7P+. The van der Waals surface area contributed by atoms with Crippen molar-refractivity contribution >= 4 is 13.7 Å². The number of unbranched alkanes of at least 4 members (excludes halogenated alkanes) is 4. The van der Waals surface area contributed by atoms with Crippen LogP contribution in [0.1, 0.15) is 110 Å². The number of aliphatic hydroxyl groups is 2. The van der Waals surface area contributed by atoms with E-state index in [0.29, 0.717) is 36.7 Å². The Morgan fingerprint density at radius 1 is 0.698 bits per heavy atom. The van der Waals surface area contributed by atoms with Crippen molar-refractivity contribution < 1.29 is 38.0 Å². The van der Waals surface area contributed by atoms with Gasteiger partial charge in [0.1, 0.15) is 19.3 Å². The lowest BCUT2D eigenvalue weighted by molar-refractivity contribution is -0.870. The molecule has 4 N–H and O–H groups in total. The molecule has 10 heteroatoms. The van der Waals surface area contributed by atoms with E-state index in [0.717, 1.165) is 64.2 Å². The number of aliphatic hydroxyl groups excluding tert-OH is 2. The van der Waals surface area contributed by atoms with Gasteiger partial charge in [0.25, 0.3) is 0 Å². The highest BCUT2D eigenvalue weighted by atomic mass is 31.2. The predicted octanol–water partition coefficient (Wildman–Crippen LogP) is 9.37. The molecule has 0 aromatic rings. The number of nitrogens with zero attached hydrogens (tertiary/aromatic N) is 1. The lowest BCUT2D eigenvalue weighted by Gasteiger charge is -2.28. The molecule has 0 aromatic heterocycles. The van der Waals surface area contributed by atoms with Gasteiger partial charge in [-0.05, 0) is 96.8 Å². The van der Waals surface area contributed by atoms with Gasteiger partial charge < -0.3 is 24.9 Å². The maximum atomic E-state index is 12.8. The Kier molecular flexibility index (Phi) is 32.2. The van der Waals surface area contributed by atoms with E-state index >= 15 is 0 Å². The first kappa shape index (κ1) is 50.4. The van der Waals surface area contributed by atoms with Crippen LogP contribution in [0.15, 0.2) is 97.2 Å². The van der Waals surface area contributed by atoms with Crippen molar-refractivity contribution in [2.45, 2.75) is 128 Å². The quantitative estimate of drug-likeness (QED) is 0.0227. The first-order valence-corrected chi connectivity index (χ1v) is 21.1. The third kappa shape index (κ3) is 34.9. The number of amides is 1. The Balaban J connectivity index is 4.79. The van der Waals surface area contributed by atoms with Crippen molar-refractivity contribution in [2.75, 3.05) is 40.9 Å². The summed E-state index contributed by atoms with van der Waals surface area (Å²) < 4.78 is 23.4. The van der Waals surface area contributed by atoms with Crippen LogP contribution in [0.3, 0.4) is 0 Å². The fourth-order valence-electron chi connectivity index (χ4n) is 4.80. The summed E-state index contributed by atoms with van der Waals surface area (Å²) in [4.78, 5) is 23.1. The number of hydrogen-bond acceptors (Lipinski definition) is 6. The van der Waals surface area contributed by atoms with Crippen LogP contribution in [0.4, 0.5) is 0 Å². The number of quaternary nitrogens is 1. The van der Waals surface area contributed by atoms with Crippen LogP contribution in [-0.4, -0.2) is 84.6 Å². The van der Waals surface area contributed by atoms with E-state index < -0.39 is 32.7 Å². The number of rotatable bonds is 33. The van der Waals surface area contributed by atoms with E-state index in [1.807, 2.05) is 34.1 Å². The van der Waals surface area contributed by atoms with Crippen molar-refractivity contribution in [1.29, 1.82) is 0 Å². The van der Waals surface area contributed by atoms with Crippen LogP contribution in [-0.2, 0) is 18.4 Å². The normalized spacial score (nSPS) is 16.2. The lowest BCUT2D eigenvalue weighted by Crippen LogP contribution is -2.51. The minimum Gasteiger partial charge on any atom is -0.390 e. The number of hydrogen-bond donors (Lipinski definition) is 4. The third-order valence-corrected chi connectivity index (χ3v) is 8.94. The van der Waals surface area contributed by atoms with Crippen LogP contribution < -0.4 is 5.32 Å². The van der Waals surface area contributed by atoms with E-state index in [2.05, 4.69) is 103 Å². The standard InChI is InChI=1S/C43H73N2O7P/c1-6-8-10-12-14-16-18-20-21-22-23-24-26-28-30-32-34-36-42(47)44-40(39-52-53(49,50)51-38-37-45(3,4)5)43(48)41(46)35-33-31-29-27-25-19-17-15-13-11-9-7-2/h7-10,14-17,20-21,23-24,27-30,40-41,43,46,48H,6,11-13,18-19,22,25-26,31-39H2,1-5H3,(H-,44,47,49,50)/p+1/b9-7+,10-8-,16-14-,17-15+,21-20-,24-23-,29-27+,30-28-. The highest BCUT2D eigenvalue weighted by Crippen LogP contribution is 2.43. The number of carbonyl (C=O) groups excluding carboxylic acids is 1. The Morgan fingerprint density at radius 2 is 1.17 bits per heavy atom. The van der Waals surface area contributed by atoms with Gasteiger partial charge in [0, 0.05) is 6.42 Å². The van der Waals surface area contributed by atoms with Crippen LogP contribution >= 0.6 is 7.82 Å². The molecule has 0 radical (unpaired) electrons. The zero-order chi connectivity index (χ0) is 39.5. The van der Waals surface area contributed by atoms with Crippen molar-refractivity contribution in [3.05, 3.63) is 97.2 Å². The maximum Gasteiger partial charge on any atom is 0.472 e. The van der Waals surface area contributed by atoms with Crippen molar-refractivity contribution in [2.24, 2.45) is 0 Å². The summed E-state index contributed by atoms with van der Waals surface area (Å²) in [5.41, 5.74) is 0. The molecule has 0 aliphatic carbocycles. The molecule has 53 heavy (non-hydrogen) atoms. The molecule has 0 spiro atoms. The van der Waals surface area contributed by atoms with E-state index in [1.54, 1.807) is 0 Å². The van der Waals surface area contributed by atoms with E-state index in [4.69, 9.17) is 9.05 Å². The predicted molar refractivity (Wildman–Crippen MR) is 222 cm³/mol. The van der Waals surface area contributed by atoms with Gasteiger partial charge >= 0.3 is 7.82 Å². The SMILES string of the molecule is C/C=C/CC/C=C/CC/C=C/CCCC(O)C(O)C(COP(=O)(O)OCC[N+](C)(C)C)NC(=O)CCC/C=C\C/C=C\C/C=C\C/C=C\C/C=C\CC. The largest absolute Gasteiger partial charge is 0.472 e. The molecule has 0 heterocycles. The zero-order valence-corrected chi connectivity index (χ0v) is 34.5. The first-order chi connectivity index (χ1) is 25.4.